The van der Waals surface area contributed by atoms with Crippen molar-refractivity contribution < 1.29 is 0 Å². The van der Waals surface area contributed by atoms with Gasteiger partial charge in [-0.15, -0.1) is 0 Å². The Bertz CT molecular complexity index is 594. The van der Waals surface area contributed by atoms with Crippen molar-refractivity contribution in [3.63, 3.8) is 0 Å². The van der Waals surface area contributed by atoms with Crippen LogP contribution in [0.25, 0.3) is 11.3 Å². The van der Waals surface area contributed by atoms with Crippen molar-refractivity contribution in [1.82, 2.24) is 15.1 Å². The molecule has 3 rings (SSSR count). The van der Waals surface area contributed by atoms with E-state index in [9.17, 15) is 0 Å². The van der Waals surface area contributed by atoms with Gasteiger partial charge in [0.2, 0.25) is 0 Å². The van der Waals surface area contributed by atoms with Crippen LogP contribution in [0.1, 0.15) is 29.5 Å². The highest BCUT2D eigenvalue weighted by atomic mass is 15.3. The van der Waals surface area contributed by atoms with Crippen molar-refractivity contribution in [2.75, 3.05) is 0 Å². The lowest BCUT2D eigenvalue weighted by Crippen LogP contribution is -2.15. The van der Waals surface area contributed by atoms with Crippen LogP contribution < -0.4 is 5.32 Å². The second-order valence-corrected chi connectivity index (χ2v) is 5.63. The molecule has 1 fully saturated rings. The molecule has 1 aromatic heterocycles. The molecule has 3 heteroatoms. The van der Waals surface area contributed by atoms with E-state index in [0.29, 0.717) is 0 Å². The summed E-state index contributed by atoms with van der Waals surface area (Å²) in [5.41, 5.74) is 6.27. The summed E-state index contributed by atoms with van der Waals surface area (Å²) in [6.07, 6.45) is 4.76. The zero-order valence-electron chi connectivity index (χ0n) is 11.9. The van der Waals surface area contributed by atoms with Gasteiger partial charge in [0, 0.05) is 37.0 Å². The number of aromatic nitrogens is 2. The second kappa shape index (κ2) is 4.82. The lowest BCUT2D eigenvalue weighted by Gasteiger charge is -2.06. The Morgan fingerprint density at radius 1 is 1.26 bits per heavy atom. The predicted molar refractivity (Wildman–Crippen MR) is 78.0 cm³/mol. The van der Waals surface area contributed by atoms with E-state index in [4.69, 9.17) is 0 Å². The van der Waals surface area contributed by atoms with Crippen LogP contribution in [-0.4, -0.2) is 15.8 Å². The van der Waals surface area contributed by atoms with Crippen molar-refractivity contribution in [3.05, 3.63) is 41.1 Å². The van der Waals surface area contributed by atoms with Gasteiger partial charge >= 0.3 is 0 Å². The molecular formula is C16H21N3. The molecule has 0 aliphatic heterocycles. The third kappa shape index (κ3) is 2.71. The lowest BCUT2D eigenvalue weighted by atomic mass is 10.0. The van der Waals surface area contributed by atoms with Crippen molar-refractivity contribution >= 4 is 0 Å². The average molecular weight is 255 g/mol. The highest BCUT2D eigenvalue weighted by Crippen LogP contribution is 2.25. The molecule has 2 aromatic rings. The van der Waals surface area contributed by atoms with Crippen molar-refractivity contribution in [3.8, 4) is 11.3 Å². The Hall–Kier alpha value is -1.61. The van der Waals surface area contributed by atoms with Crippen molar-refractivity contribution in [2.24, 2.45) is 7.05 Å². The largest absolute Gasteiger partial charge is 0.310 e. The van der Waals surface area contributed by atoms with Crippen LogP contribution in [0, 0.1) is 13.8 Å². The van der Waals surface area contributed by atoms with E-state index in [1.54, 1.807) is 0 Å². The first-order valence-corrected chi connectivity index (χ1v) is 6.97. The lowest BCUT2D eigenvalue weighted by molar-refractivity contribution is 0.687. The standard InChI is InChI=1S/C16H21N3/c1-11-4-5-13(8-12(11)2)16-14(10-19(3)18-16)9-17-15-6-7-15/h4-5,8,10,15,17H,6-7,9H2,1-3H3. The molecule has 0 unspecified atom stereocenters. The summed E-state index contributed by atoms with van der Waals surface area (Å²) in [6, 6.07) is 7.31. The number of aryl methyl sites for hydroxylation is 3. The molecule has 3 nitrogen and oxygen atoms in total. The minimum Gasteiger partial charge on any atom is -0.310 e. The highest BCUT2D eigenvalue weighted by Gasteiger charge is 2.21. The van der Waals surface area contributed by atoms with E-state index in [2.05, 4.69) is 48.7 Å². The van der Waals surface area contributed by atoms with Crippen LogP contribution in [0.2, 0.25) is 0 Å². The SMILES string of the molecule is Cc1ccc(-c2nn(C)cc2CNC2CC2)cc1C. The molecule has 0 bridgehead atoms. The molecule has 1 aliphatic rings. The van der Waals surface area contributed by atoms with E-state index in [-0.39, 0.29) is 0 Å². The van der Waals surface area contributed by atoms with Crippen molar-refractivity contribution in [2.45, 2.75) is 39.3 Å². The molecule has 19 heavy (non-hydrogen) atoms. The van der Waals surface area contributed by atoms with E-state index in [0.717, 1.165) is 18.3 Å². The Labute approximate surface area is 114 Å². The summed E-state index contributed by atoms with van der Waals surface area (Å²) < 4.78 is 1.91. The maximum atomic E-state index is 4.63. The topological polar surface area (TPSA) is 29.9 Å². The average Bonchev–Trinajstić information content (AvgIpc) is 3.13. The number of rotatable bonds is 4. The summed E-state index contributed by atoms with van der Waals surface area (Å²) in [6.45, 7) is 5.22. The molecule has 0 spiro atoms. The normalized spacial score (nSPS) is 14.9. The molecule has 0 atom stereocenters. The third-order valence-electron chi connectivity index (χ3n) is 3.84. The third-order valence-corrected chi connectivity index (χ3v) is 3.84. The summed E-state index contributed by atoms with van der Waals surface area (Å²) >= 11 is 0. The number of nitrogens with zero attached hydrogens (tertiary/aromatic N) is 2. The van der Waals surface area contributed by atoms with Crippen LogP contribution in [0.3, 0.4) is 0 Å². The Morgan fingerprint density at radius 3 is 2.74 bits per heavy atom. The first-order valence-electron chi connectivity index (χ1n) is 6.97. The number of hydrogen-bond donors (Lipinski definition) is 1. The monoisotopic (exact) mass is 255 g/mol. The van der Waals surface area contributed by atoms with Crippen LogP contribution in [0.5, 0.6) is 0 Å². The molecule has 1 N–H and O–H groups in total. The molecule has 1 saturated carbocycles. The molecule has 0 saturated heterocycles. The van der Waals surface area contributed by atoms with Gasteiger partial charge in [0.1, 0.15) is 0 Å². The minimum absolute atomic E-state index is 0.729. The quantitative estimate of drug-likeness (QED) is 0.910. The van der Waals surface area contributed by atoms with Gasteiger partial charge in [-0.25, -0.2) is 0 Å². The molecule has 100 valence electrons. The molecule has 0 radical (unpaired) electrons. The van der Waals surface area contributed by atoms with Crippen LogP contribution in [0.15, 0.2) is 24.4 Å². The van der Waals surface area contributed by atoms with Gasteiger partial charge in [-0.2, -0.15) is 5.10 Å². The number of benzene rings is 1. The fraction of sp³-hybridized carbons (Fsp3) is 0.438. The summed E-state index contributed by atoms with van der Waals surface area (Å²) in [7, 11) is 1.99. The first-order chi connectivity index (χ1) is 9.13. The van der Waals surface area contributed by atoms with Gasteiger partial charge in [0.05, 0.1) is 5.69 Å². The fourth-order valence-corrected chi connectivity index (χ4v) is 2.34. The fourth-order valence-electron chi connectivity index (χ4n) is 2.34. The summed E-state index contributed by atoms with van der Waals surface area (Å²) in [5, 5.41) is 8.20. The molecule has 1 aromatic carbocycles. The maximum absolute atomic E-state index is 4.63. The van der Waals surface area contributed by atoms with Gasteiger partial charge in [-0.1, -0.05) is 12.1 Å². The van der Waals surface area contributed by atoms with Gasteiger partial charge in [-0.05, 0) is 43.9 Å². The molecule has 0 amide bonds. The van der Waals surface area contributed by atoms with Crippen LogP contribution in [0.4, 0.5) is 0 Å². The Kier molecular flexibility index (Phi) is 3.15. The van der Waals surface area contributed by atoms with Gasteiger partial charge < -0.3 is 5.32 Å². The summed E-state index contributed by atoms with van der Waals surface area (Å²) in [5.74, 6) is 0. The Morgan fingerprint density at radius 2 is 2.05 bits per heavy atom. The molecule has 1 heterocycles. The second-order valence-electron chi connectivity index (χ2n) is 5.63. The summed E-state index contributed by atoms with van der Waals surface area (Å²) in [4.78, 5) is 0. The van der Waals surface area contributed by atoms with E-state index < -0.39 is 0 Å². The van der Waals surface area contributed by atoms with E-state index in [1.807, 2.05) is 11.7 Å². The van der Waals surface area contributed by atoms with Gasteiger partial charge in [0.25, 0.3) is 0 Å². The maximum Gasteiger partial charge on any atom is 0.0968 e. The van der Waals surface area contributed by atoms with Gasteiger partial charge in [-0.3, -0.25) is 4.68 Å². The van der Waals surface area contributed by atoms with E-state index >= 15 is 0 Å². The van der Waals surface area contributed by atoms with Gasteiger partial charge in [0.15, 0.2) is 0 Å². The Balaban J connectivity index is 1.91. The number of nitrogens with one attached hydrogen (secondary N) is 1. The zero-order valence-corrected chi connectivity index (χ0v) is 11.9. The first kappa shape index (κ1) is 12.4. The minimum atomic E-state index is 0.729. The zero-order chi connectivity index (χ0) is 13.4. The highest BCUT2D eigenvalue weighted by molar-refractivity contribution is 5.64. The van der Waals surface area contributed by atoms with E-state index in [1.165, 1.54) is 35.1 Å². The number of hydrogen-bond acceptors (Lipinski definition) is 2. The molecule has 1 aliphatic carbocycles. The molecular weight excluding hydrogens is 234 g/mol. The van der Waals surface area contributed by atoms with Crippen LogP contribution >= 0.6 is 0 Å². The smallest absolute Gasteiger partial charge is 0.0968 e. The van der Waals surface area contributed by atoms with Crippen LogP contribution in [-0.2, 0) is 13.6 Å². The predicted octanol–water partition coefficient (Wildman–Crippen LogP) is 2.96. The van der Waals surface area contributed by atoms with Crippen molar-refractivity contribution in [1.29, 1.82) is 0 Å².